The number of alkyl halides is 2. The second-order valence-electron chi connectivity index (χ2n) is 4.70. The molecular formula is C14H21F2NO. The zero-order valence-corrected chi connectivity index (χ0v) is 11.0. The van der Waals surface area contributed by atoms with Crippen LogP contribution in [0.25, 0.3) is 0 Å². The van der Waals surface area contributed by atoms with Crippen molar-refractivity contribution in [1.82, 2.24) is 5.32 Å². The van der Waals surface area contributed by atoms with E-state index in [0.29, 0.717) is 19.1 Å². The maximum absolute atomic E-state index is 11.9. The van der Waals surface area contributed by atoms with Crippen molar-refractivity contribution < 1.29 is 13.5 Å². The lowest BCUT2D eigenvalue weighted by atomic mass is 10.1. The van der Waals surface area contributed by atoms with E-state index in [1.807, 2.05) is 24.3 Å². The van der Waals surface area contributed by atoms with Gasteiger partial charge >= 0.3 is 0 Å². The molecule has 0 aliphatic heterocycles. The van der Waals surface area contributed by atoms with E-state index in [4.69, 9.17) is 4.74 Å². The van der Waals surface area contributed by atoms with Gasteiger partial charge in [-0.15, -0.1) is 0 Å². The molecule has 0 bridgehead atoms. The summed E-state index contributed by atoms with van der Waals surface area (Å²) < 4.78 is 29.4. The van der Waals surface area contributed by atoms with Crippen molar-refractivity contribution in [2.45, 2.75) is 33.2 Å². The highest BCUT2D eigenvalue weighted by molar-refractivity contribution is 5.27. The quantitative estimate of drug-likeness (QED) is 0.770. The Morgan fingerprint density at radius 2 is 1.83 bits per heavy atom. The van der Waals surface area contributed by atoms with Gasteiger partial charge in [0.2, 0.25) is 0 Å². The number of nitrogens with one attached hydrogen (secondary N) is 1. The molecule has 1 rings (SSSR count). The zero-order chi connectivity index (χ0) is 13.4. The molecule has 102 valence electrons. The molecule has 4 heteroatoms. The normalized spacial score (nSPS) is 11.2. The lowest BCUT2D eigenvalue weighted by molar-refractivity contribution is 0.145. The van der Waals surface area contributed by atoms with Crippen LogP contribution in [0, 0.1) is 5.92 Å². The van der Waals surface area contributed by atoms with E-state index in [9.17, 15) is 8.78 Å². The Morgan fingerprint density at radius 3 is 2.39 bits per heavy atom. The Labute approximate surface area is 107 Å². The van der Waals surface area contributed by atoms with E-state index in [-0.39, 0.29) is 6.54 Å². The van der Waals surface area contributed by atoms with Crippen LogP contribution >= 0.6 is 0 Å². The second kappa shape index (κ2) is 8.03. The van der Waals surface area contributed by atoms with Crippen LogP contribution in [0.4, 0.5) is 8.78 Å². The fraction of sp³-hybridized carbons (Fsp3) is 0.571. The van der Waals surface area contributed by atoms with Gasteiger partial charge < -0.3 is 10.1 Å². The molecule has 0 fully saturated rings. The van der Waals surface area contributed by atoms with Crippen molar-refractivity contribution in [2.24, 2.45) is 5.92 Å². The zero-order valence-electron chi connectivity index (χ0n) is 11.0. The Bertz CT molecular complexity index is 292. The first-order valence-electron chi connectivity index (χ1n) is 6.28. The number of rotatable bonds is 8. The van der Waals surface area contributed by atoms with Crippen LogP contribution in [-0.4, -0.2) is 19.6 Å². The van der Waals surface area contributed by atoms with Gasteiger partial charge in [0, 0.05) is 6.54 Å². The summed E-state index contributed by atoms with van der Waals surface area (Å²) in [5, 5.41) is 2.69. The van der Waals surface area contributed by atoms with Crippen LogP contribution in [0.3, 0.4) is 0 Å². The first kappa shape index (κ1) is 14.9. The standard InChI is InChI=1S/C14H21F2NO/c1-11(2)7-8-18-13-5-3-12(4-6-13)9-17-10-14(15)16/h3-6,11,14,17H,7-10H2,1-2H3. The van der Waals surface area contributed by atoms with Gasteiger partial charge in [0.15, 0.2) is 0 Å². The molecule has 1 aromatic carbocycles. The minimum Gasteiger partial charge on any atom is -0.494 e. The lowest BCUT2D eigenvalue weighted by Gasteiger charge is -2.09. The molecule has 0 aliphatic carbocycles. The van der Waals surface area contributed by atoms with Crippen molar-refractivity contribution in [1.29, 1.82) is 0 Å². The molecule has 18 heavy (non-hydrogen) atoms. The van der Waals surface area contributed by atoms with Crippen molar-refractivity contribution in [2.75, 3.05) is 13.2 Å². The summed E-state index contributed by atoms with van der Waals surface area (Å²) >= 11 is 0. The highest BCUT2D eigenvalue weighted by Gasteiger charge is 2.01. The van der Waals surface area contributed by atoms with Gasteiger partial charge in [0.1, 0.15) is 5.75 Å². The van der Waals surface area contributed by atoms with E-state index in [2.05, 4.69) is 19.2 Å². The lowest BCUT2D eigenvalue weighted by Crippen LogP contribution is -2.20. The van der Waals surface area contributed by atoms with E-state index in [1.54, 1.807) is 0 Å². The fourth-order valence-electron chi connectivity index (χ4n) is 1.44. The maximum Gasteiger partial charge on any atom is 0.250 e. The fourth-order valence-corrected chi connectivity index (χ4v) is 1.44. The SMILES string of the molecule is CC(C)CCOc1ccc(CNCC(F)F)cc1. The minimum absolute atomic E-state index is 0.271. The molecule has 0 atom stereocenters. The van der Waals surface area contributed by atoms with Gasteiger partial charge in [-0.3, -0.25) is 0 Å². The third kappa shape index (κ3) is 6.55. The maximum atomic E-state index is 11.9. The highest BCUT2D eigenvalue weighted by atomic mass is 19.3. The Balaban J connectivity index is 2.28. The third-order valence-electron chi connectivity index (χ3n) is 2.52. The molecule has 0 unspecified atom stereocenters. The Kier molecular flexibility index (Phi) is 6.65. The summed E-state index contributed by atoms with van der Waals surface area (Å²) in [6.45, 7) is 5.20. The third-order valence-corrected chi connectivity index (χ3v) is 2.52. The number of hydrogen-bond donors (Lipinski definition) is 1. The highest BCUT2D eigenvalue weighted by Crippen LogP contribution is 2.13. The van der Waals surface area contributed by atoms with Gasteiger partial charge in [0.25, 0.3) is 6.43 Å². The summed E-state index contributed by atoms with van der Waals surface area (Å²) in [6, 6.07) is 7.53. The topological polar surface area (TPSA) is 21.3 Å². The summed E-state index contributed by atoms with van der Waals surface area (Å²) in [5.41, 5.74) is 0.979. The van der Waals surface area contributed by atoms with Crippen LogP contribution in [0.15, 0.2) is 24.3 Å². The second-order valence-corrected chi connectivity index (χ2v) is 4.70. The molecule has 0 spiro atoms. The first-order chi connectivity index (χ1) is 8.58. The summed E-state index contributed by atoms with van der Waals surface area (Å²) in [4.78, 5) is 0. The van der Waals surface area contributed by atoms with E-state index < -0.39 is 6.43 Å². The van der Waals surface area contributed by atoms with Crippen LogP contribution in [0.1, 0.15) is 25.8 Å². The summed E-state index contributed by atoms with van der Waals surface area (Å²) in [6.07, 6.45) is -1.28. The molecule has 0 amide bonds. The van der Waals surface area contributed by atoms with Gasteiger partial charge in [-0.1, -0.05) is 26.0 Å². The predicted octanol–water partition coefficient (Wildman–Crippen LogP) is 3.47. The molecule has 0 saturated carbocycles. The number of hydrogen-bond acceptors (Lipinski definition) is 2. The molecule has 0 saturated heterocycles. The van der Waals surface area contributed by atoms with E-state index >= 15 is 0 Å². The molecule has 1 N–H and O–H groups in total. The van der Waals surface area contributed by atoms with Crippen LogP contribution in [-0.2, 0) is 6.54 Å². The van der Waals surface area contributed by atoms with Gasteiger partial charge in [0.05, 0.1) is 13.2 Å². The van der Waals surface area contributed by atoms with Crippen molar-refractivity contribution in [3.05, 3.63) is 29.8 Å². The smallest absolute Gasteiger partial charge is 0.250 e. The largest absolute Gasteiger partial charge is 0.494 e. The molecule has 0 heterocycles. The van der Waals surface area contributed by atoms with Crippen LogP contribution in [0.5, 0.6) is 5.75 Å². The van der Waals surface area contributed by atoms with E-state index in [0.717, 1.165) is 17.7 Å². The molecule has 0 aromatic heterocycles. The van der Waals surface area contributed by atoms with Crippen LogP contribution in [0.2, 0.25) is 0 Å². The molecule has 2 nitrogen and oxygen atoms in total. The molecule has 0 radical (unpaired) electrons. The predicted molar refractivity (Wildman–Crippen MR) is 69.1 cm³/mol. The van der Waals surface area contributed by atoms with Crippen molar-refractivity contribution >= 4 is 0 Å². The monoisotopic (exact) mass is 257 g/mol. The molecular weight excluding hydrogens is 236 g/mol. The molecule has 0 aliphatic rings. The number of ether oxygens (including phenoxy) is 1. The van der Waals surface area contributed by atoms with Crippen molar-refractivity contribution in [3.63, 3.8) is 0 Å². The number of halogens is 2. The first-order valence-corrected chi connectivity index (χ1v) is 6.28. The van der Waals surface area contributed by atoms with Gasteiger partial charge in [-0.05, 0) is 30.0 Å². The van der Waals surface area contributed by atoms with Crippen molar-refractivity contribution in [3.8, 4) is 5.75 Å². The van der Waals surface area contributed by atoms with Gasteiger partial charge in [-0.25, -0.2) is 8.78 Å². The number of benzene rings is 1. The average molecular weight is 257 g/mol. The van der Waals surface area contributed by atoms with Gasteiger partial charge in [-0.2, -0.15) is 0 Å². The minimum atomic E-state index is -2.30. The van der Waals surface area contributed by atoms with E-state index in [1.165, 1.54) is 0 Å². The summed E-state index contributed by atoms with van der Waals surface area (Å²) in [7, 11) is 0. The Morgan fingerprint density at radius 1 is 1.17 bits per heavy atom. The molecule has 1 aromatic rings. The Hall–Kier alpha value is -1.16. The van der Waals surface area contributed by atoms with Crippen LogP contribution < -0.4 is 10.1 Å². The average Bonchev–Trinajstić information content (AvgIpc) is 2.30. The summed E-state index contributed by atoms with van der Waals surface area (Å²) in [5.74, 6) is 1.45.